The largest absolute Gasteiger partial charge is 0.338 e. The molecule has 0 saturated heterocycles. The van der Waals surface area contributed by atoms with Gasteiger partial charge in [0.2, 0.25) is 5.91 Å². The lowest BCUT2D eigenvalue weighted by atomic mass is 9.76. The zero-order valence-electron chi connectivity index (χ0n) is 11.3. The summed E-state index contributed by atoms with van der Waals surface area (Å²) in [5.74, 6) is 0.388. The zero-order chi connectivity index (χ0) is 13.2. The molecule has 1 aromatic carbocycles. The Bertz CT molecular complexity index is 466. The van der Waals surface area contributed by atoms with Crippen LogP contribution in [0.2, 0.25) is 0 Å². The Balaban J connectivity index is 1.75. The van der Waals surface area contributed by atoms with E-state index in [-0.39, 0.29) is 5.92 Å². The van der Waals surface area contributed by atoms with Gasteiger partial charge in [-0.05, 0) is 30.4 Å². The first-order valence-corrected chi connectivity index (χ1v) is 7.39. The molecule has 0 aromatic heterocycles. The summed E-state index contributed by atoms with van der Waals surface area (Å²) in [5.41, 5.74) is 8.26. The summed E-state index contributed by atoms with van der Waals surface area (Å²) < 4.78 is 0. The zero-order valence-corrected chi connectivity index (χ0v) is 11.3. The van der Waals surface area contributed by atoms with Crippen LogP contribution in [0.5, 0.6) is 0 Å². The molecule has 0 bridgehead atoms. The molecule has 0 radical (unpaired) electrons. The number of hydrogen-bond acceptors (Lipinski definition) is 2. The number of nitrogens with two attached hydrogens (primary N) is 1. The van der Waals surface area contributed by atoms with Gasteiger partial charge in [0.05, 0.1) is 5.92 Å². The normalized spacial score (nSPS) is 21.8. The third kappa shape index (κ3) is 2.27. The highest BCUT2D eigenvalue weighted by Crippen LogP contribution is 2.37. The Morgan fingerprint density at radius 3 is 2.68 bits per heavy atom. The van der Waals surface area contributed by atoms with Gasteiger partial charge >= 0.3 is 0 Å². The van der Waals surface area contributed by atoms with E-state index in [2.05, 4.69) is 17.0 Å². The number of benzene rings is 1. The third-order valence-corrected chi connectivity index (χ3v) is 4.57. The molecule has 1 unspecified atom stereocenters. The van der Waals surface area contributed by atoms with Crippen molar-refractivity contribution in [2.75, 3.05) is 13.1 Å². The molecule has 3 rings (SSSR count). The van der Waals surface area contributed by atoms with E-state index in [0.717, 1.165) is 19.3 Å². The molecule has 0 aliphatic heterocycles. The molecule has 2 aliphatic rings. The topological polar surface area (TPSA) is 46.3 Å². The first-order valence-electron chi connectivity index (χ1n) is 7.39. The molecule has 3 nitrogen and oxygen atoms in total. The summed E-state index contributed by atoms with van der Waals surface area (Å²) in [6.07, 6.45) is 5.71. The van der Waals surface area contributed by atoms with Gasteiger partial charge in [-0.25, -0.2) is 0 Å². The van der Waals surface area contributed by atoms with Crippen LogP contribution in [-0.4, -0.2) is 29.9 Å². The first kappa shape index (κ1) is 12.7. The van der Waals surface area contributed by atoms with E-state index < -0.39 is 0 Å². The van der Waals surface area contributed by atoms with Gasteiger partial charge in [0.25, 0.3) is 0 Å². The van der Waals surface area contributed by atoms with E-state index in [9.17, 15) is 4.79 Å². The third-order valence-electron chi connectivity index (χ3n) is 4.57. The van der Waals surface area contributed by atoms with Gasteiger partial charge in [-0.2, -0.15) is 0 Å². The fraction of sp³-hybridized carbons (Fsp3) is 0.562. The van der Waals surface area contributed by atoms with E-state index in [1.165, 1.54) is 24.0 Å². The predicted molar refractivity (Wildman–Crippen MR) is 75.9 cm³/mol. The van der Waals surface area contributed by atoms with E-state index in [4.69, 9.17) is 5.73 Å². The highest BCUT2D eigenvalue weighted by molar-refractivity contribution is 5.87. The standard InChI is InChI=1S/C16H22N2O/c17-9-10-18(13-6-2-3-7-13)16(19)15-11-12-5-1-4-8-14(12)15/h1,4-5,8,13,15H,2-3,6-7,9-11,17H2. The van der Waals surface area contributed by atoms with Crippen LogP contribution in [0.15, 0.2) is 24.3 Å². The highest BCUT2D eigenvalue weighted by atomic mass is 16.2. The second kappa shape index (κ2) is 5.33. The smallest absolute Gasteiger partial charge is 0.230 e. The van der Waals surface area contributed by atoms with Crippen LogP contribution in [0, 0.1) is 0 Å². The van der Waals surface area contributed by atoms with Gasteiger partial charge in [0.15, 0.2) is 0 Å². The number of hydrogen-bond donors (Lipinski definition) is 1. The first-order chi connectivity index (χ1) is 9.31. The van der Waals surface area contributed by atoms with Crippen molar-refractivity contribution in [3.05, 3.63) is 35.4 Å². The minimum atomic E-state index is 0.0864. The molecular weight excluding hydrogens is 236 g/mol. The van der Waals surface area contributed by atoms with Crippen LogP contribution in [0.25, 0.3) is 0 Å². The molecule has 1 fully saturated rings. The number of amides is 1. The highest BCUT2D eigenvalue weighted by Gasteiger charge is 2.37. The SMILES string of the molecule is NCCN(C(=O)C1Cc2ccccc21)C1CCCC1. The van der Waals surface area contributed by atoms with Crippen LogP contribution < -0.4 is 5.73 Å². The van der Waals surface area contributed by atoms with Crippen molar-refractivity contribution >= 4 is 5.91 Å². The molecule has 102 valence electrons. The van der Waals surface area contributed by atoms with Gasteiger partial charge in [0.1, 0.15) is 0 Å². The van der Waals surface area contributed by atoms with E-state index in [1.807, 2.05) is 12.1 Å². The summed E-state index contributed by atoms with van der Waals surface area (Å²) in [5, 5.41) is 0. The van der Waals surface area contributed by atoms with Crippen LogP contribution in [0.4, 0.5) is 0 Å². The molecule has 1 aromatic rings. The lowest BCUT2D eigenvalue weighted by Crippen LogP contribution is -2.46. The van der Waals surface area contributed by atoms with Gasteiger partial charge in [-0.15, -0.1) is 0 Å². The molecule has 2 aliphatic carbocycles. The maximum absolute atomic E-state index is 12.7. The van der Waals surface area contributed by atoms with E-state index >= 15 is 0 Å². The van der Waals surface area contributed by atoms with Crippen LogP contribution in [0.1, 0.15) is 42.7 Å². The van der Waals surface area contributed by atoms with Crippen molar-refractivity contribution in [1.82, 2.24) is 4.90 Å². The maximum atomic E-state index is 12.7. The number of carbonyl (C=O) groups is 1. The predicted octanol–water partition coefficient (Wildman–Crippen LogP) is 2.06. The van der Waals surface area contributed by atoms with Gasteiger partial charge in [0, 0.05) is 19.1 Å². The molecule has 2 N–H and O–H groups in total. The summed E-state index contributed by atoms with van der Waals surface area (Å²) in [7, 11) is 0. The fourth-order valence-electron chi connectivity index (χ4n) is 3.51. The number of fused-ring (bicyclic) bond motifs is 1. The summed E-state index contributed by atoms with van der Waals surface area (Å²) in [4.78, 5) is 14.8. The van der Waals surface area contributed by atoms with E-state index in [0.29, 0.717) is 25.0 Å². The molecule has 19 heavy (non-hydrogen) atoms. The quantitative estimate of drug-likeness (QED) is 0.898. The van der Waals surface area contributed by atoms with Gasteiger partial charge in [-0.3, -0.25) is 4.79 Å². The Morgan fingerprint density at radius 2 is 2.00 bits per heavy atom. The summed E-state index contributed by atoms with van der Waals surface area (Å²) in [6.45, 7) is 1.28. The second-order valence-corrected chi connectivity index (χ2v) is 5.71. The molecule has 0 spiro atoms. The second-order valence-electron chi connectivity index (χ2n) is 5.71. The van der Waals surface area contributed by atoms with Crippen molar-refractivity contribution in [2.24, 2.45) is 5.73 Å². The fourth-order valence-corrected chi connectivity index (χ4v) is 3.51. The average molecular weight is 258 g/mol. The average Bonchev–Trinajstić information content (AvgIpc) is 2.91. The Labute approximate surface area is 114 Å². The lowest BCUT2D eigenvalue weighted by molar-refractivity contribution is -0.135. The Kier molecular flexibility index (Phi) is 3.56. The van der Waals surface area contributed by atoms with Crippen LogP contribution >= 0.6 is 0 Å². The van der Waals surface area contributed by atoms with Crippen LogP contribution in [-0.2, 0) is 11.2 Å². The Morgan fingerprint density at radius 1 is 1.26 bits per heavy atom. The van der Waals surface area contributed by atoms with Gasteiger partial charge < -0.3 is 10.6 Å². The van der Waals surface area contributed by atoms with Gasteiger partial charge in [-0.1, -0.05) is 37.1 Å². The van der Waals surface area contributed by atoms with Crippen molar-refractivity contribution in [1.29, 1.82) is 0 Å². The number of nitrogens with zero attached hydrogens (tertiary/aromatic N) is 1. The minimum absolute atomic E-state index is 0.0864. The summed E-state index contributed by atoms with van der Waals surface area (Å²) in [6, 6.07) is 8.73. The maximum Gasteiger partial charge on any atom is 0.230 e. The molecular formula is C16H22N2O. The van der Waals surface area contributed by atoms with Crippen molar-refractivity contribution in [3.63, 3.8) is 0 Å². The molecule has 1 amide bonds. The number of carbonyl (C=O) groups excluding carboxylic acids is 1. The van der Waals surface area contributed by atoms with E-state index in [1.54, 1.807) is 0 Å². The lowest BCUT2D eigenvalue weighted by Gasteiger charge is -2.37. The molecule has 1 saturated carbocycles. The summed E-state index contributed by atoms with van der Waals surface area (Å²) >= 11 is 0. The van der Waals surface area contributed by atoms with Crippen molar-refractivity contribution < 1.29 is 4.79 Å². The van der Waals surface area contributed by atoms with Crippen LogP contribution in [0.3, 0.4) is 0 Å². The Hall–Kier alpha value is -1.35. The monoisotopic (exact) mass is 258 g/mol. The van der Waals surface area contributed by atoms with Crippen molar-refractivity contribution in [2.45, 2.75) is 44.1 Å². The number of rotatable bonds is 4. The minimum Gasteiger partial charge on any atom is -0.338 e. The molecule has 3 heteroatoms. The van der Waals surface area contributed by atoms with Crippen molar-refractivity contribution in [3.8, 4) is 0 Å². The molecule has 1 atom stereocenters. The molecule has 0 heterocycles.